The first kappa shape index (κ1) is 19.2. The summed E-state index contributed by atoms with van der Waals surface area (Å²) in [4.78, 5) is 0. The first-order valence-corrected chi connectivity index (χ1v) is 9.60. The van der Waals surface area contributed by atoms with Gasteiger partial charge in [0.1, 0.15) is 0 Å². The van der Waals surface area contributed by atoms with E-state index < -0.39 is 10.2 Å². The summed E-state index contributed by atoms with van der Waals surface area (Å²) in [7, 11) is 3.81. The largest absolute Gasteiger partial charge is 0.394 e. The van der Waals surface area contributed by atoms with Gasteiger partial charge in [0, 0.05) is 12.7 Å². The van der Waals surface area contributed by atoms with E-state index in [2.05, 4.69) is 0 Å². The summed E-state index contributed by atoms with van der Waals surface area (Å²) >= 11 is 0. The first-order valence-electron chi connectivity index (χ1n) is 4.96. The second kappa shape index (κ2) is 9.97. The Labute approximate surface area is 122 Å². The second-order valence-electron chi connectivity index (χ2n) is 3.26. The fourth-order valence-corrected chi connectivity index (χ4v) is 4.64. The van der Waals surface area contributed by atoms with Crippen molar-refractivity contribution in [2.24, 2.45) is 0 Å². The predicted molar refractivity (Wildman–Crippen MR) is 78.0 cm³/mol. The van der Waals surface area contributed by atoms with Crippen LogP contribution in [0.2, 0.25) is 0 Å². The van der Waals surface area contributed by atoms with E-state index in [9.17, 15) is 10.2 Å². The Bertz CT molecular complexity index is 210. The highest BCUT2D eigenvalue weighted by atomic mass is 33.1. The zero-order valence-electron chi connectivity index (χ0n) is 9.81. The molecule has 0 aliphatic carbocycles. The number of hydrogen-bond donors (Lipinski definition) is 5. The highest BCUT2D eigenvalue weighted by Crippen LogP contribution is 2.41. The van der Waals surface area contributed by atoms with Crippen molar-refractivity contribution in [2.75, 3.05) is 31.3 Å². The van der Waals surface area contributed by atoms with E-state index in [1.165, 1.54) is 21.6 Å². The van der Waals surface area contributed by atoms with Crippen LogP contribution in [0.5, 0.6) is 0 Å². The lowest BCUT2D eigenvalue weighted by Crippen LogP contribution is -2.27. The minimum absolute atomic E-state index is 0.0108. The fraction of sp³-hybridized carbons (Fsp3) is 1.00. The Kier molecular flexibility index (Phi) is 10.6. The first-order chi connectivity index (χ1) is 8.27. The summed E-state index contributed by atoms with van der Waals surface area (Å²) in [5.74, 6) is 0.682. The Morgan fingerprint density at radius 2 is 1.67 bits per heavy atom. The molecule has 0 spiro atoms. The van der Waals surface area contributed by atoms with Crippen LogP contribution in [0.25, 0.3) is 0 Å². The molecule has 110 valence electrons. The molecule has 0 aliphatic rings. The third-order valence-corrected chi connectivity index (χ3v) is 6.57. The van der Waals surface area contributed by atoms with Crippen LogP contribution < -0.4 is 0 Å². The van der Waals surface area contributed by atoms with Crippen molar-refractivity contribution in [3.05, 3.63) is 0 Å². The molecule has 0 rings (SSSR count). The van der Waals surface area contributed by atoms with Crippen LogP contribution in [0.3, 0.4) is 0 Å². The molecule has 0 aromatic heterocycles. The van der Waals surface area contributed by atoms with Gasteiger partial charge in [-0.15, -0.1) is 0 Å². The molecule has 0 aromatic rings. The molecule has 18 heavy (non-hydrogen) atoms. The molecule has 6 nitrogen and oxygen atoms in total. The quantitative estimate of drug-likeness (QED) is 0.201. The highest BCUT2D eigenvalue weighted by Gasteiger charge is 2.29. The minimum atomic E-state index is -2.03. The number of hydrogen-bond acceptors (Lipinski definition) is 10. The Morgan fingerprint density at radius 3 is 2.22 bits per heavy atom. The Balaban J connectivity index is 3.52. The van der Waals surface area contributed by atoms with Crippen molar-refractivity contribution >= 4 is 43.2 Å². The van der Waals surface area contributed by atoms with Crippen LogP contribution in [0.1, 0.15) is 6.92 Å². The zero-order valence-corrected chi connectivity index (χ0v) is 13.1. The third kappa shape index (κ3) is 13.6. The lowest BCUT2D eigenvalue weighted by molar-refractivity contribution is -0.0610. The van der Waals surface area contributed by atoms with Crippen molar-refractivity contribution < 1.29 is 30.3 Å². The maximum Gasteiger partial charge on any atom is 0.233 e. The molecule has 0 atom stereocenters. The number of rotatable bonds is 11. The van der Waals surface area contributed by atoms with Gasteiger partial charge in [-0.25, -0.2) is 0 Å². The molecule has 0 heterocycles. The van der Waals surface area contributed by atoms with Gasteiger partial charge in [0.15, 0.2) is 0 Å². The molecule has 0 radical (unpaired) electrons. The molecule has 0 aliphatic heterocycles. The van der Waals surface area contributed by atoms with Gasteiger partial charge < -0.3 is 30.3 Å². The molecule has 0 saturated carbocycles. The number of aliphatic hydroxyl groups is 5. The summed E-state index contributed by atoms with van der Waals surface area (Å²) in [5.41, 5.74) is 0. The topological polar surface area (TPSA) is 110 Å². The molecular weight excluding hydrogens is 320 g/mol. The molecule has 0 bridgehead atoms. The Morgan fingerprint density at radius 1 is 1.00 bits per heavy atom. The predicted octanol–water partition coefficient (Wildman–Crippen LogP) is 0.0548. The van der Waals surface area contributed by atoms with Crippen LogP contribution in [-0.2, 0) is 4.74 Å². The van der Waals surface area contributed by atoms with Gasteiger partial charge >= 0.3 is 0 Å². The average molecular weight is 338 g/mol. The lowest BCUT2D eigenvalue weighted by atomic mass is 10.7. The summed E-state index contributed by atoms with van der Waals surface area (Å²) in [6.07, 6.45) is 0. The van der Waals surface area contributed by atoms with Gasteiger partial charge in [-0.2, -0.15) is 0 Å². The van der Waals surface area contributed by atoms with E-state index in [0.717, 1.165) is 6.92 Å². The molecular formula is C8H18O6S4. The van der Waals surface area contributed by atoms with Crippen molar-refractivity contribution in [3.8, 4) is 0 Å². The van der Waals surface area contributed by atoms with Crippen LogP contribution in [-0.4, -0.2) is 67.1 Å². The summed E-state index contributed by atoms with van der Waals surface area (Å²) in [6.45, 7) is 1.91. The molecule has 5 N–H and O–H groups in total. The van der Waals surface area contributed by atoms with Crippen molar-refractivity contribution in [3.63, 3.8) is 0 Å². The Hall–Kier alpha value is 1.16. The second-order valence-corrected chi connectivity index (χ2v) is 8.61. The maximum absolute atomic E-state index is 9.50. The zero-order chi connectivity index (χ0) is 14.1. The lowest BCUT2D eigenvalue weighted by Gasteiger charge is -2.22. The smallest absolute Gasteiger partial charge is 0.233 e. The molecule has 0 amide bonds. The van der Waals surface area contributed by atoms with Crippen molar-refractivity contribution in [1.29, 1.82) is 0 Å². The van der Waals surface area contributed by atoms with Crippen LogP contribution >= 0.6 is 43.2 Å². The van der Waals surface area contributed by atoms with Gasteiger partial charge in [0.05, 0.1) is 25.6 Å². The molecule has 0 aromatic carbocycles. The van der Waals surface area contributed by atoms with Crippen LogP contribution in [0.4, 0.5) is 0 Å². The van der Waals surface area contributed by atoms with E-state index >= 15 is 0 Å². The van der Waals surface area contributed by atoms with E-state index in [4.69, 9.17) is 20.1 Å². The van der Waals surface area contributed by atoms with Gasteiger partial charge in [0.25, 0.3) is 0 Å². The maximum atomic E-state index is 9.50. The SMILES string of the molecule is CC(O)(O)SSC(O)(O)CSSCCOCCO. The monoisotopic (exact) mass is 338 g/mol. The molecule has 0 saturated heterocycles. The van der Waals surface area contributed by atoms with E-state index in [0.29, 0.717) is 40.6 Å². The van der Waals surface area contributed by atoms with E-state index in [1.54, 1.807) is 0 Å². The summed E-state index contributed by atoms with van der Waals surface area (Å²) < 4.78 is 5.02. The molecule has 0 unspecified atom stereocenters. The van der Waals surface area contributed by atoms with Crippen LogP contribution in [0, 0.1) is 0 Å². The molecule has 10 heteroatoms. The van der Waals surface area contributed by atoms with Gasteiger partial charge in [-0.3, -0.25) is 0 Å². The number of aliphatic hydroxyl groups excluding tert-OH is 1. The standard InChI is InChI=1S/C8H18O6S4/c1-7(10,11)17-18-8(12,13)6-16-15-5-4-14-3-2-9/h9-13H,2-6H2,1H3. The van der Waals surface area contributed by atoms with E-state index in [1.807, 2.05) is 0 Å². The van der Waals surface area contributed by atoms with Crippen molar-refractivity contribution in [1.82, 2.24) is 0 Å². The number of ether oxygens (including phenoxy) is 1. The normalized spacial score (nSPS) is 13.0. The highest BCUT2D eigenvalue weighted by molar-refractivity contribution is 8.78. The third-order valence-electron chi connectivity index (χ3n) is 1.21. The van der Waals surface area contributed by atoms with Crippen LogP contribution in [0.15, 0.2) is 0 Å². The summed E-state index contributed by atoms with van der Waals surface area (Å²) in [5, 5.41) is 41.4. The summed E-state index contributed by atoms with van der Waals surface area (Å²) in [6, 6.07) is 0. The minimum Gasteiger partial charge on any atom is -0.394 e. The van der Waals surface area contributed by atoms with Gasteiger partial charge in [-0.1, -0.05) is 21.6 Å². The van der Waals surface area contributed by atoms with Crippen molar-refractivity contribution in [2.45, 2.75) is 17.2 Å². The van der Waals surface area contributed by atoms with Gasteiger partial charge in [0.2, 0.25) is 10.2 Å². The van der Waals surface area contributed by atoms with Gasteiger partial charge in [-0.05, 0) is 21.6 Å². The fourth-order valence-electron chi connectivity index (χ4n) is 0.607. The average Bonchev–Trinajstić information content (AvgIpc) is 2.25. The molecule has 0 fully saturated rings. The van der Waals surface area contributed by atoms with E-state index in [-0.39, 0.29) is 12.4 Å².